The van der Waals surface area contributed by atoms with Crippen molar-refractivity contribution in [1.29, 1.82) is 0 Å². The lowest BCUT2D eigenvalue weighted by atomic mass is 10.0. The third kappa shape index (κ3) is 3.73. The van der Waals surface area contributed by atoms with Gasteiger partial charge in [-0.3, -0.25) is 4.79 Å². The highest BCUT2D eigenvalue weighted by Gasteiger charge is 2.11. The average molecular weight is 295 g/mol. The van der Waals surface area contributed by atoms with Gasteiger partial charge in [0.25, 0.3) is 5.91 Å². The predicted molar refractivity (Wildman–Crippen MR) is 91.5 cm³/mol. The van der Waals surface area contributed by atoms with Crippen LogP contribution in [0.25, 0.3) is 0 Å². The van der Waals surface area contributed by atoms with E-state index in [0.717, 1.165) is 22.5 Å². The number of pyridine rings is 1. The number of nitrogens with one attached hydrogen (secondary N) is 2. The summed E-state index contributed by atoms with van der Waals surface area (Å²) < 4.78 is 0. The molecule has 2 rings (SSSR count). The van der Waals surface area contributed by atoms with Crippen LogP contribution in [0.2, 0.25) is 0 Å². The van der Waals surface area contributed by atoms with E-state index in [-0.39, 0.29) is 5.91 Å². The van der Waals surface area contributed by atoms with Crippen molar-refractivity contribution < 1.29 is 4.79 Å². The summed E-state index contributed by atoms with van der Waals surface area (Å²) in [6, 6.07) is 7.65. The first-order chi connectivity index (χ1) is 10.5. The van der Waals surface area contributed by atoms with Gasteiger partial charge in [-0.25, -0.2) is 4.98 Å². The maximum atomic E-state index is 12.3. The fourth-order valence-corrected chi connectivity index (χ4v) is 2.38. The fourth-order valence-electron chi connectivity index (χ4n) is 2.38. The molecule has 0 aliphatic heterocycles. The highest BCUT2D eigenvalue weighted by Crippen LogP contribution is 2.22. The van der Waals surface area contributed by atoms with Gasteiger partial charge in [0.15, 0.2) is 0 Å². The third-order valence-corrected chi connectivity index (χ3v) is 3.36. The molecular formula is C18H21N3O. The molecule has 2 aromatic rings. The Labute approximate surface area is 131 Å². The minimum absolute atomic E-state index is 0.203. The van der Waals surface area contributed by atoms with E-state index in [4.69, 9.17) is 0 Å². The number of hydrogen-bond acceptors (Lipinski definition) is 3. The monoisotopic (exact) mass is 295 g/mol. The van der Waals surface area contributed by atoms with Gasteiger partial charge in [-0.2, -0.15) is 0 Å². The van der Waals surface area contributed by atoms with Crippen molar-refractivity contribution in [2.24, 2.45) is 0 Å². The van der Waals surface area contributed by atoms with E-state index in [1.165, 1.54) is 5.56 Å². The second-order valence-corrected chi connectivity index (χ2v) is 5.33. The van der Waals surface area contributed by atoms with Crippen LogP contribution in [0.1, 0.15) is 27.2 Å². The number of aromatic nitrogens is 1. The summed E-state index contributed by atoms with van der Waals surface area (Å²) in [6.45, 7) is 10.3. The smallest absolute Gasteiger partial charge is 0.274 e. The highest BCUT2D eigenvalue weighted by atomic mass is 16.1. The SMILES string of the molecule is C=CCNc1ccc(C(=O)Nc2c(C)cc(C)cc2C)nc1. The van der Waals surface area contributed by atoms with Gasteiger partial charge in [0.1, 0.15) is 5.69 Å². The number of aryl methyl sites for hydroxylation is 3. The lowest BCUT2D eigenvalue weighted by Crippen LogP contribution is -2.15. The first-order valence-corrected chi connectivity index (χ1v) is 7.21. The molecule has 4 nitrogen and oxygen atoms in total. The molecule has 1 heterocycles. The zero-order valence-electron chi connectivity index (χ0n) is 13.2. The molecule has 1 aromatic heterocycles. The van der Waals surface area contributed by atoms with Crippen LogP contribution in [-0.4, -0.2) is 17.4 Å². The number of rotatable bonds is 5. The molecule has 0 aliphatic carbocycles. The third-order valence-electron chi connectivity index (χ3n) is 3.36. The second kappa shape index (κ2) is 6.89. The summed E-state index contributed by atoms with van der Waals surface area (Å²) in [5.74, 6) is -0.203. The van der Waals surface area contributed by atoms with E-state index in [0.29, 0.717) is 12.2 Å². The molecule has 2 N–H and O–H groups in total. The number of anilines is 2. The van der Waals surface area contributed by atoms with E-state index in [9.17, 15) is 4.79 Å². The largest absolute Gasteiger partial charge is 0.380 e. The van der Waals surface area contributed by atoms with Gasteiger partial charge in [-0.1, -0.05) is 23.8 Å². The van der Waals surface area contributed by atoms with Gasteiger partial charge in [0, 0.05) is 12.2 Å². The van der Waals surface area contributed by atoms with Crippen LogP contribution in [0.15, 0.2) is 43.1 Å². The van der Waals surface area contributed by atoms with Gasteiger partial charge in [-0.05, 0) is 44.0 Å². The highest BCUT2D eigenvalue weighted by molar-refractivity contribution is 6.03. The first-order valence-electron chi connectivity index (χ1n) is 7.21. The van der Waals surface area contributed by atoms with Gasteiger partial charge in [0.05, 0.1) is 11.9 Å². The predicted octanol–water partition coefficient (Wildman–Crippen LogP) is 3.86. The minimum Gasteiger partial charge on any atom is -0.380 e. The fraction of sp³-hybridized carbons (Fsp3) is 0.222. The van der Waals surface area contributed by atoms with Crippen molar-refractivity contribution in [2.75, 3.05) is 17.2 Å². The molecule has 4 heteroatoms. The molecular weight excluding hydrogens is 274 g/mol. The molecule has 0 bridgehead atoms. The first kappa shape index (κ1) is 15.8. The number of carbonyl (C=O) groups is 1. The Morgan fingerprint density at radius 2 is 1.91 bits per heavy atom. The molecule has 114 valence electrons. The van der Waals surface area contributed by atoms with Crippen molar-refractivity contribution in [1.82, 2.24) is 4.98 Å². The van der Waals surface area contributed by atoms with Crippen LogP contribution >= 0.6 is 0 Å². The van der Waals surface area contributed by atoms with Crippen LogP contribution in [0.3, 0.4) is 0 Å². The topological polar surface area (TPSA) is 54.0 Å². The molecule has 0 radical (unpaired) electrons. The number of hydrogen-bond donors (Lipinski definition) is 2. The van der Waals surface area contributed by atoms with E-state index in [1.807, 2.05) is 26.8 Å². The lowest BCUT2D eigenvalue weighted by Gasteiger charge is -2.12. The zero-order valence-corrected chi connectivity index (χ0v) is 13.2. The Hall–Kier alpha value is -2.62. The molecule has 0 saturated heterocycles. The molecule has 0 unspecified atom stereocenters. The molecule has 22 heavy (non-hydrogen) atoms. The van der Waals surface area contributed by atoms with Crippen LogP contribution in [0.4, 0.5) is 11.4 Å². The standard InChI is InChI=1S/C18H21N3O/c1-5-8-19-15-6-7-16(20-11-15)18(22)21-17-13(3)9-12(2)10-14(17)4/h5-7,9-11,19H,1,8H2,2-4H3,(H,21,22). The quantitative estimate of drug-likeness (QED) is 0.824. The van der Waals surface area contributed by atoms with Crippen LogP contribution in [-0.2, 0) is 0 Å². The summed E-state index contributed by atoms with van der Waals surface area (Å²) in [5.41, 5.74) is 5.39. The van der Waals surface area contributed by atoms with Gasteiger partial charge >= 0.3 is 0 Å². The van der Waals surface area contributed by atoms with Crippen LogP contribution in [0, 0.1) is 20.8 Å². The van der Waals surface area contributed by atoms with Crippen molar-refractivity contribution in [3.8, 4) is 0 Å². The van der Waals surface area contributed by atoms with Crippen molar-refractivity contribution in [3.05, 3.63) is 65.5 Å². The zero-order chi connectivity index (χ0) is 16.1. The van der Waals surface area contributed by atoms with E-state index >= 15 is 0 Å². The summed E-state index contributed by atoms with van der Waals surface area (Å²) in [7, 11) is 0. The molecule has 0 fully saturated rings. The normalized spacial score (nSPS) is 10.1. The summed E-state index contributed by atoms with van der Waals surface area (Å²) in [6.07, 6.45) is 3.41. The van der Waals surface area contributed by atoms with Crippen LogP contribution < -0.4 is 10.6 Å². The molecule has 0 atom stereocenters. The van der Waals surface area contributed by atoms with E-state index in [1.54, 1.807) is 18.3 Å². The number of carbonyl (C=O) groups excluding carboxylic acids is 1. The summed E-state index contributed by atoms with van der Waals surface area (Å²) >= 11 is 0. The Bertz CT molecular complexity index is 667. The van der Waals surface area contributed by atoms with Gasteiger partial charge < -0.3 is 10.6 Å². The Morgan fingerprint density at radius 3 is 2.45 bits per heavy atom. The molecule has 0 spiro atoms. The average Bonchev–Trinajstić information content (AvgIpc) is 2.49. The van der Waals surface area contributed by atoms with E-state index in [2.05, 4.69) is 34.3 Å². The van der Waals surface area contributed by atoms with Crippen molar-refractivity contribution >= 4 is 17.3 Å². The summed E-state index contributed by atoms with van der Waals surface area (Å²) in [4.78, 5) is 16.5. The minimum atomic E-state index is -0.203. The molecule has 0 saturated carbocycles. The number of amides is 1. The Morgan fingerprint density at radius 1 is 1.23 bits per heavy atom. The second-order valence-electron chi connectivity index (χ2n) is 5.33. The number of nitrogens with zero attached hydrogens (tertiary/aromatic N) is 1. The Kier molecular flexibility index (Phi) is 4.94. The van der Waals surface area contributed by atoms with E-state index < -0.39 is 0 Å². The van der Waals surface area contributed by atoms with Crippen LogP contribution in [0.5, 0.6) is 0 Å². The van der Waals surface area contributed by atoms with Gasteiger partial charge in [-0.15, -0.1) is 6.58 Å². The van der Waals surface area contributed by atoms with Crippen molar-refractivity contribution in [2.45, 2.75) is 20.8 Å². The number of benzene rings is 1. The Balaban J connectivity index is 2.14. The van der Waals surface area contributed by atoms with Crippen molar-refractivity contribution in [3.63, 3.8) is 0 Å². The lowest BCUT2D eigenvalue weighted by molar-refractivity contribution is 0.102. The maximum absolute atomic E-state index is 12.3. The summed E-state index contributed by atoms with van der Waals surface area (Å²) in [5, 5.41) is 6.07. The molecule has 0 aliphatic rings. The maximum Gasteiger partial charge on any atom is 0.274 e. The van der Waals surface area contributed by atoms with Gasteiger partial charge in [0.2, 0.25) is 0 Å². The molecule has 1 amide bonds. The molecule has 1 aromatic carbocycles.